The first kappa shape index (κ1) is 25.9. The van der Waals surface area contributed by atoms with E-state index in [9.17, 15) is 9.59 Å². The minimum Gasteiger partial charge on any atom is -0.370 e. The van der Waals surface area contributed by atoms with E-state index in [0.717, 1.165) is 25.7 Å². The summed E-state index contributed by atoms with van der Waals surface area (Å²) in [4.78, 5) is 25.3. The summed E-state index contributed by atoms with van der Waals surface area (Å²) in [5.74, 6) is -0.462. The van der Waals surface area contributed by atoms with E-state index in [1.807, 2.05) is 0 Å². The van der Waals surface area contributed by atoms with Crippen LogP contribution in [-0.2, 0) is 9.59 Å². The number of rotatable bonds is 13. The average molecular weight is 389 g/mol. The zero-order valence-electron chi connectivity index (χ0n) is 18.8. The van der Waals surface area contributed by atoms with E-state index in [1.54, 1.807) is 4.90 Å². The fraction of sp³-hybridized carbons (Fsp3) is 0.583. The molecule has 0 fully saturated rings. The first-order chi connectivity index (χ1) is 13.1. The van der Waals surface area contributed by atoms with Crippen molar-refractivity contribution in [2.75, 3.05) is 13.1 Å². The molecule has 158 valence electrons. The monoisotopic (exact) mass is 388 g/mol. The van der Waals surface area contributed by atoms with Gasteiger partial charge in [0.25, 0.3) is 0 Å². The number of carbonyl (C=O) groups excluding carboxylic acids is 2. The summed E-state index contributed by atoms with van der Waals surface area (Å²) < 4.78 is 0. The minimum absolute atomic E-state index is 0.0273. The van der Waals surface area contributed by atoms with Gasteiger partial charge in [0.05, 0.1) is 0 Å². The van der Waals surface area contributed by atoms with Crippen LogP contribution in [0.2, 0.25) is 0 Å². The molecule has 4 nitrogen and oxygen atoms in total. The number of nitrogens with zero attached hydrogens (tertiary/aromatic N) is 1. The molecule has 0 radical (unpaired) electrons. The summed E-state index contributed by atoms with van der Waals surface area (Å²) in [6.45, 7) is 13.7. The second-order valence-corrected chi connectivity index (χ2v) is 8.01. The van der Waals surface area contributed by atoms with E-state index in [0.29, 0.717) is 13.1 Å². The standard InChI is InChI=1S/C24H40N2O2/c1-19(2)9-7-11-21(5)15-17-26(24(28)14-13-23(25)27)18-16-22(6)12-8-10-20(3)4/h9-10,15-16H,7-8,11-14,17-18H2,1-6H3,(H2,25,27). The van der Waals surface area contributed by atoms with Crippen LogP contribution in [-0.4, -0.2) is 29.8 Å². The molecule has 2 N–H and O–H groups in total. The van der Waals surface area contributed by atoms with Gasteiger partial charge in [0.15, 0.2) is 0 Å². The molecule has 0 saturated carbocycles. The first-order valence-electron chi connectivity index (χ1n) is 10.3. The lowest BCUT2D eigenvalue weighted by Crippen LogP contribution is -2.32. The molecule has 0 aromatic rings. The Morgan fingerprint density at radius 1 is 0.679 bits per heavy atom. The Bertz CT molecular complexity index is 577. The Morgan fingerprint density at radius 3 is 1.46 bits per heavy atom. The molecule has 0 aromatic heterocycles. The van der Waals surface area contributed by atoms with Gasteiger partial charge in [0.1, 0.15) is 0 Å². The Morgan fingerprint density at radius 2 is 1.11 bits per heavy atom. The molecular weight excluding hydrogens is 348 g/mol. The van der Waals surface area contributed by atoms with Crippen LogP contribution in [0.1, 0.15) is 80.1 Å². The highest BCUT2D eigenvalue weighted by molar-refractivity contribution is 5.83. The Hall–Kier alpha value is -2.10. The average Bonchev–Trinajstić information content (AvgIpc) is 2.59. The predicted octanol–water partition coefficient (Wildman–Crippen LogP) is 5.47. The maximum Gasteiger partial charge on any atom is 0.223 e. The van der Waals surface area contributed by atoms with Crippen molar-refractivity contribution in [3.05, 3.63) is 46.6 Å². The van der Waals surface area contributed by atoms with E-state index in [4.69, 9.17) is 5.73 Å². The van der Waals surface area contributed by atoms with Gasteiger partial charge in [-0.15, -0.1) is 0 Å². The second-order valence-electron chi connectivity index (χ2n) is 8.01. The van der Waals surface area contributed by atoms with Gasteiger partial charge < -0.3 is 10.6 Å². The number of allylic oxidation sites excluding steroid dienone is 6. The van der Waals surface area contributed by atoms with Crippen molar-refractivity contribution in [1.29, 1.82) is 0 Å². The maximum absolute atomic E-state index is 12.5. The van der Waals surface area contributed by atoms with Gasteiger partial charge >= 0.3 is 0 Å². The van der Waals surface area contributed by atoms with Crippen molar-refractivity contribution in [3.63, 3.8) is 0 Å². The molecule has 0 rings (SSSR count). The second kappa shape index (κ2) is 14.9. The Labute approximate surface area is 172 Å². The Kier molecular flexibility index (Phi) is 13.8. The van der Waals surface area contributed by atoms with Gasteiger partial charge in [-0.3, -0.25) is 9.59 Å². The van der Waals surface area contributed by atoms with E-state index < -0.39 is 5.91 Å². The highest BCUT2D eigenvalue weighted by atomic mass is 16.2. The van der Waals surface area contributed by atoms with Gasteiger partial charge in [0.2, 0.25) is 11.8 Å². The number of amides is 2. The molecule has 4 heteroatoms. The van der Waals surface area contributed by atoms with Gasteiger partial charge in [-0.1, -0.05) is 46.6 Å². The third-order valence-electron chi connectivity index (χ3n) is 4.44. The van der Waals surface area contributed by atoms with Crippen LogP contribution in [0.25, 0.3) is 0 Å². The molecule has 0 spiro atoms. The third-order valence-corrected chi connectivity index (χ3v) is 4.44. The van der Waals surface area contributed by atoms with E-state index >= 15 is 0 Å². The van der Waals surface area contributed by atoms with Crippen molar-refractivity contribution < 1.29 is 9.59 Å². The highest BCUT2D eigenvalue weighted by Gasteiger charge is 2.12. The summed E-state index contributed by atoms with van der Waals surface area (Å²) in [5.41, 5.74) is 10.4. The fourth-order valence-electron chi connectivity index (χ4n) is 2.58. The Balaban J connectivity index is 4.90. The van der Waals surface area contributed by atoms with E-state index in [1.165, 1.54) is 22.3 Å². The molecule has 0 aliphatic rings. The highest BCUT2D eigenvalue weighted by Crippen LogP contribution is 2.10. The van der Waals surface area contributed by atoms with E-state index in [-0.39, 0.29) is 18.7 Å². The molecule has 2 amide bonds. The number of hydrogen-bond acceptors (Lipinski definition) is 2. The predicted molar refractivity (Wildman–Crippen MR) is 120 cm³/mol. The number of nitrogens with two attached hydrogens (primary N) is 1. The number of hydrogen-bond donors (Lipinski definition) is 1. The molecule has 0 aliphatic heterocycles. The molecular formula is C24H40N2O2. The van der Waals surface area contributed by atoms with Crippen LogP contribution in [0.5, 0.6) is 0 Å². The molecule has 0 atom stereocenters. The summed E-state index contributed by atoms with van der Waals surface area (Å²) in [7, 11) is 0. The summed E-state index contributed by atoms with van der Waals surface area (Å²) in [5, 5.41) is 0. The van der Waals surface area contributed by atoms with Crippen molar-refractivity contribution in [2.45, 2.75) is 80.1 Å². The van der Waals surface area contributed by atoms with Crippen LogP contribution in [0.4, 0.5) is 0 Å². The quantitative estimate of drug-likeness (QED) is 0.425. The van der Waals surface area contributed by atoms with Gasteiger partial charge in [-0.05, 0) is 67.2 Å². The van der Waals surface area contributed by atoms with Gasteiger partial charge in [-0.2, -0.15) is 0 Å². The van der Waals surface area contributed by atoms with E-state index in [2.05, 4.69) is 65.8 Å². The maximum atomic E-state index is 12.5. The number of carbonyl (C=O) groups is 2. The minimum atomic E-state index is -0.435. The largest absolute Gasteiger partial charge is 0.370 e. The zero-order chi connectivity index (χ0) is 21.5. The van der Waals surface area contributed by atoms with Crippen LogP contribution in [0.3, 0.4) is 0 Å². The van der Waals surface area contributed by atoms with Crippen molar-refractivity contribution >= 4 is 11.8 Å². The fourth-order valence-corrected chi connectivity index (χ4v) is 2.58. The van der Waals surface area contributed by atoms with Crippen LogP contribution < -0.4 is 5.73 Å². The summed E-state index contributed by atoms with van der Waals surface area (Å²) in [6.07, 6.45) is 13.0. The van der Waals surface area contributed by atoms with Crippen LogP contribution in [0.15, 0.2) is 46.6 Å². The lowest BCUT2D eigenvalue weighted by molar-refractivity contribution is -0.132. The van der Waals surface area contributed by atoms with Crippen molar-refractivity contribution in [2.24, 2.45) is 5.73 Å². The molecule has 28 heavy (non-hydrogen) atoms. The molecule has 0 aliphatic carbocycles. The van der Waals surface area contributed by atoms with Crippen molar-refractivity contribution in [1.82, 2.24) is 4.90 Å². The molecule has 0 heterocycles. The first-order valence-corrected chi connectivity index (χ1v) is 10.3. The normalized spacial score (nSPS) is 11.8. The zero-order valence-corrected chi connectivity index (χ0v) is 18.8. The third kappa shape index (κ3) is 15.0. The SMILES string of the molecule is CC(C)=CCCC(C)=CCN(CC=C(C)CCC=C(C)C)C(=O)CCC(N)=O. The lowest BCUT2D eigenvalue weighted by Gasteiger charge is -2.20. The molecule has 0 aromatic carbocycles. The van der Waals surface area contributed by atoms with Crippen molar-refractivity contribution in [3.8, 4) is 0 Å². The molecule has 0 unspecified atom stereocenters. The summed E-state index contributed by atoms with van der Waals surface area (Å²) >= 11 is 0. The smallest absolute Gasteiger partial charge is 0.223 e. The summed E-state index contributed by atoms with van der Waals surface area (Å²) in [6, 6.07) is 0. The van der Waals surface area contributed by atoms with Crippen LogP contribution >= 0.6 is 0 Å². The molecule has 0 saturated heterocycles. The topological polar surface area (TPSA) is 63.4 Å². The number of primary amides is 1. The van der Waals surface area contributed by atoms with Crippen LogP contribution in [0, 0.1) is 0 Å². The van der Waals surface area contributed by atoms with Gasteiger partial charge in [0, 0.05) is 25.9 Å². The van der Waals surface area contributed by atoms with Gasteiger partial charge in [-0.25, -0.2) is 0 Å². The lowest BCUT2D eigenvalue weighted by atomic mass is 10.1. The molecule has 0 bridgehead atoms.